The maximum Gasteiger partial charge on any atom is 0.401 e. The van der Waals surface area contributed by atoms with Gasteiger partial charge in [-0.15, -0.1) is 0 Å². The molecule has 1 atom stereocenters. The van der Waals surface area contributed by atoms with Gasteiger partial charge in [-0.25, -0.2) is 0 Å². The van der Waals surface area contributed by atoms with Crippen molar-refractivity contribution in [1.29, 1.82) is 0 Å². The Morgan fingerprint density at radius 3 is 2.68 bits per heavy atom. The van der Waals surface area contributed by atoms with Crippen molar-refractivity contribution >= 4 is 0 Å². The van der Waals surface area contributed by atoms with Gasteiger partial charge >= 0.3 is 6.18 Å². The van der Waals surface area contributed by atoms with Gasteiger partial charge in [0.1, 0.15) is 0 Å². The number of alkyl halides is 3. The van der Waals surface area contributed by atoms with E-state index in [1.165, 1.54) is 4.90 Å². The van der Waals surface area contributed by atoms with E-state index < -0.39 is 18.3 Å². The summed E-state index contributed by atoms with van der Waals surface area (Å²) in [5.41, 5.74) is 5.76. The Balaban J connectivity index is 1.68. The lowest BCUT2D eigenvalue weighted by Crippen LogP contribution is -2.40. The van der Waals surface area contributed by atoms with E-state index >= 15 is 0 Å². The van der Waals surface area contributed by atoms with Crippen LogP contribution < -0.4 is 5.73 Å². The zero-order chi connectivity index (χ0) is 15.8. The van der Waals surface area contributed by atoms with Crippen molar-refractivity contribution in [3.8, 4) is 0 Å². The molecule has 2 fully saturated rings. The van der Waals surface area contributed by atoms with E-state index in [-0.39, 0.29) is 5.92 Å². The van der Waals surface area contributed by atoms with Gasteiger partial charge in [-0.1, -0.05) is 18.0 Å². The summed E-state index contributed by atoms with van der Waals surface area (Å²) in [5, 5.41) is 3.99. The first kappa shape index (κ1) is 15.7. The minimum atomic E-state index is -4.17. The van der Waals surface area contributed by atoms with Gasteiger partial charge < -0.3 is 10.3 Å². The van der Waals surface area contributed by atoms with Crippen LogP contribution in [0.5, 0.6) is 0 Å². The van der Waals surface area contributed by atoms with Crippen LogP contribution in [0.25, 0.3) is 0 Å². The van der Waals surface area contributed by atoms with Gasteiger partial charge in [-0.2, -0.15) is 18.2 Å². The largest absolute Gasteiger partial charge is 0.401 e. The Kier molecular flexibility index (Phi) is 4.15. The fourth-order valence-electron chi connectivity index (χ4n) is 3.49. The highest BCUT2D eigenvalue weighted by molar-refractivity contribution is 5.08. The average Bonchev–Trinajstić information content (AvgIpc) is 3.06. The number of nitrogens with two attached hydrogens (primary N) is 1. The zero-order valence-electron chi connectivity index (χ0n) is 12.4. The molecule has 1 aromatic heterocycles. The number of hydrogen-bond donors (Lipinski definition) is 1. The van der Waals surface area contributed by atoms with Crippen molar-refractivity contribution < 1.29 is 17.7 Å². The predicted molar refractivity (Wildman–Crippen MR) is 73.1 cm³/mol. The van der Waals surface area contributed by atoms with Gasteiger partial charge in [-0.05, 0) is 32.2 Å². The minimum Gasteiger partial charge on any atom is -0.339 e. The second kappa shape index (κ2) is 5.81. The van der Waals surface area contributed by atoms with Crippen LogP contribution in [0.3, 0.4) is 0 Å². The van der Waals surface area contributed by atoms with Crippen LogP contribution >= 0.6 is 0 Å². The first-order valence-corrected chi connectivity index (χ1v) is 7.78. The van der Waals surface area contributed by atoms with Crippen LogP contribution in [-0.4, -0.2) is 40.9 Å². The molecule has 0 bridgehead atoms. The Labute approximate surface area is 127 Å². The third kappa shape index (κ3) is 3.43. The van der Waals surface area contributed by atoms with E-state index in [0.29, 0.717) is 31.2 Å². The Hall–Kier alpha value is -1.15. The quantitative estimate of drug-likeness (QED) is 0.927. The van der Waals surface area contributed by atoms with Crippen molar-refractivity contribution in [1.82, 2.24) is 15.0 Å². The third-order valence-corrected chi connectivity index (χ3v) is 4.64. The number of halogens is 3. The molecular formula is C14H21F3N4O. The number of likely N-dealkylation sites (tertiary alicyclic amines) is 1. The highest BCUT2D eigenvalue weighted by Crippen LogP contribution is 2.36. The molecule has 1 aromatic rings. The number of rotatable bonds is 3. The van der Waals surface area contributed by atoms with E-state index in [0.717, 1.165) is 32.1 Å². The van der Waals surface area contributed by atoms with Crippen molar-refractivity contribution in [3.63, 3.8) is 0 Å². The molecule has 1 aliphatic heterocycles. The molecule has 2 heterocycles. The van der Waals surface area contributed by atoms with Gasteiger partial charge in [0.15, 0.2) is 5.82 Å². The highest BCUT2D eigenvalue weighted by atomic mass is 19.4. The molecule has 1 unspecified atom stereocenters. The number of nitrogens with zero attached hydrogens (tertiary/aromatic N) is 3. The number of piperidine rings is 1. The molecule has 0 amide bonds. The Morgan fingerprint density at radius 2 is 2.00 bits per heavy atom. The normalized spacial score (nSPS) is 26.5. The predicted octanol–water partition coefficient (Wildman–Crippen LogP) is 2.54. The Bertz CT molecular complexity index is 510. The lowest BCUT2D eigenvalue weighted by atomic mass is 9.96. The fourth-order valence-corrected chi connectivity index (χ4v) is 3.49. The molecule has 0 aromatic carbocycles. The molecule has 124 valence electrons. The Morgan fingerprint density at radius 1 is 1.27 bits per heavy atom. The summed E-state index contributed by atoms with van der Waals surface area (Å²) in [7, 11) is 0. The lowest BCUT2D eigenvalue weighted by molar-refractivity contribution is -0.148. The molecular weight excluding hydrogens is 297 g/mol. The summed E-state index contributed by atoms with van der Waals surface area (Å²) in [4.78, 5) is 5.82. The fraction of sp³-hybridized carbons (Fsp3) is 0.857. The maximum absolute atomic E-state index is 12.5. The second-order valence-electron chi connectivity index (χ2n) is 6.51. The van der Waals surface area contributed by atoms with Gasteiger partial charge in [0.2, 0.25) is 5.89 Å². The summed E-state index contributed by atoms with van der Waals surface area (Å²) in [6.07, 6.45) is 1.05. The monoisotopic (exact) mass is 318 g/mol. The maximum atomic E-state index is 12.5. The van der Waals surface area contributed by atoms with E-state index in [1.807, 2.05) is 0 Å². The third-order valence-electron chi connectivity index (χ3n) is 4.64. The summed E-state index contributed by atoms with van der Waals surface area (Å²) in [5.74, 6) is 0.800. The van der Waals surface area contributed by atoms with Crippen LogP contribution in [0, 0.1) is 0 Å². The highest BCUT2D eigenvalue weighted by Gasteiger charge is 2.38. The molecule has 1 saturated heterocycles. The number of aromatic nitrogens is 2. The van der Waals surface area contributed by atoms with Crippen molar-refractivity contribution in [2.45, 2.75) is 56.2 Å². The van der Waals surface area contributed by atoms with Crippen LogP contribution in [0.4, 0.5) is 13.2 Å². The van der Waals surface area contributed by atoms with Crippen molar-refractivity contribution in [3.05, 3.63) is 11.7 Å². The average molecular weight is 318 g/mol. The number of hydrogen-bond acceptors (Lipinski definition) is 5. The smallest absolute Gasteiger partial charge is 0.339 e. The van der Waals surface area contributed by atoms with Gasteiger partial charge in [0.25, 0.3) is 0 Å². The first-order chi connectivity index (χ1) is 10.4. The zero-order valence-corrected chi connectivity index (χ0v) is 12.4. The summed E-state index contributed by atoms with van der Waals surface area (Å²) in [6.45, 7) is -0.123. The molecule has 0 radical (unpaired) electrons. The molecule has 8 heteroatoms. The van der Waals surface area contributed by atoms with Crippen LogP contribution in [0.2, 0.25) is 0 Å². The standard InChI is InChI=1S/C14H21F3N4O/c15-14(16,17)9-21-7-3-4-10(8-21)11-19-12(20-22-11)13(18)5-1-2-6-13/h10H,1-9,18H2. The molecule has 2 N–H and O–H groups in total. The summed E-state index contributed by atoms with van der Waals surface area (Å²) < 4.78 is 42.9. The van der Waals surface area contributed by atoms with Crippen LogP contribution in [0.1, 0.15) is 56.2 Å². The molecule has 3 rings (SSSR count). The molecule has 0 spiro atoms. The van der Waals surface area contributed by atoms with Crippen LogP contribution in [0.15, 0.2) is 4.52 Å². The summed E-state index contributed by atoms with van der Waals surface area (Å²) in [6, 6.07) is 0. The second-order valence-corrected chi connectivity index (χ2v) is 6.51. The molecule has 2 aliphatic rings. The molecule has 5 nitrogen and oxygen atoms in total. The lowest BCUT2D eigenvalue weighted by Gasteiger charge is -2.31. The minimum absolute atomic E-state index is 0.137. The summed E-state index contributed by atoms with van der Waals surface area (Å²) >= 11 is 0. The SMILES string of the molecule is NC1(c2noc(C3CCCN(CC(F)(F)F)C3)n2)CCCC1. The molecule has 22 heavy (non-hydrogen) atoms. The van der Waals surface area contributed by atoms with Crippen LogP contribution in [-0.2, 0) is 5.54 Å². The van der Waals surface area contributed by atoms with E-state index in [9.17, 15) is 13.2 Å². The topological polar surface area (TPSA) is 68.2 Å². The first-order valence-electron chi connectivity index (χ1n) is 7.78. The van der Waals surface area contributed by atoms with E-state index in [1.54, 1.807) is 0 Å². The van der Waals surface area contributed by atoms with Crippen molar-refractivity contribution in [2.24, 2.45) is 5.73 Å². The van der Waals surface area contributed by atoms with Gasteiger partial charge in [0, 0.05) is 6.54 Å². The molecule has 1 aliphatic carbocycles. The van der Waals surface area contributed by atoms with Gasteiger partial charge in [-0.3, -0.25) is 4.90 Å². The van der Waals surface area contributed by atoms with Crippen molar-refractivity contribution in [2.75, 3.05) is 19.6 Å². The van der Waals surface area contributed by atoms with Gasteiger partial charge in [0.05, 0.1) is 18.0 Å². The molecule has 1 saturated carbocycles. The van der Waals surface area contributed by atoms with E-state index in [4.69, 9.17) is 10.3 Å². The van der Waals surface area contributed by atoms with E-state index in [2.05, 4.69) is 10.1 Å².